The van der Waals surface area contributed by atoms with Gasteiger partial charge in [0, 0.05) is 87.8 Å². The second-order valence-electron chi connectivity index (χ2n) is 27.7. The molecule has 0 rings (SSSR count). The van der Waals surface area contributed by atoms with Crippen LogP contribution in [0.5, 0.6) is 0 Å². The third-order valence-corrected chi connectivity index (χ3v) is 16.9. The van der Waals surface area contributed by atoms with Gasteiger partial charge in [0.05, 0.1) is 31.9 Å². The largest absolute Gasteiger partial charge is 0.550 e. The van der Waals surface area contributed by atoms with Crippen molar-refractivity contribution in [1.29, 1.82) is 0 Å². The number of ether oxygens (including phenoxy) is 5. The van der Waals surface area contributed by atoms with Gasteiger partial charge in [-0.2, -0.15) is 61.4 Å². The van der Waals surface area contributed by atoms with Crippen LogP contribution in [0.25, 0.3) is 0 Å². The van der Waals surface area contributed by atoms with Gasteiger partial charge in [0.15, 0.2) is 23.1 Å². The number of carboxylic acid groups (broad SMARTS) is 2. The topological polar surface area (TPSA) is 290 Å². The number of carbonyl (C=O) groups is 8. The highest BCUT2D eigenvalue weighted by Gasteiger charge is 2.30. The quantitative estimate of drug-likeness (QED) is 0.0434. The lowest BCUT2D eigenvalue weighted by atomic mass is 9.94. The molecule has 644 valence electrons. The van der Waals surface area contributed by atoms with Crippen LogP contribution in [0, 0.1) is 23.7 Å². The number of methoxy groups -OCH3 is 3. The summed E-state index contributed by atoms with van der Waals surface area (Å²) >= 11 is 20.2. The zero-order valence-corrected chi connectivity index (χ0v) is 83.5. The normalized spacial score (nSPS) is 10.3. The summed E-state index contributed by atoms with van der Waals surface area (Å²) in [5.74, 6) is -0.645. The number of thioether (sulfide) groups is 5. The Morgan fingerprint density at radius 3 is 0.673 bits per heavy atom. The molecule has 0 fully saturated rings. The number of aliphatic carboxylic acids is 2. The first-order chi connectivity index (χ1) is 46.3. The predicted molar refractivity (Wildman–Crippen MR) is 475 cm³/mol. The van der Waals surface area contributed by atoms with E-state index in [0.717, 1.165) is 38.6 Å². The minimum atomic E-state index is -1.08. The molecule has 0 saturated heterocycles. The highest BCUT2D eigenvalue weighted by molar-refractivity contribution is 8.18. The number of rotatable bonds is 22. The fourth-order valence-corrected chi connectivity index (χ4v) is 8.05. The van der Waals surface area contributed by atoms with E-state index >= 15 is 0 Å². The monoisotopic (exact) mass is 1660 g/mol. The van der Waals surface area contributed by atoms with Crippen molar-refractivity contribution in [3.05, 3.63) is 0 Å². The van der Waals surface area contributed by atoms with Gasteiger partial charge in [0.1, 0.15) is 28.6 Å². The van der Waals surface area contributed by atoms with Gasteiger partial charge >= 0.3 is 0 Å². The Balaban J connectivity index is -0.0000000480. The second-order valence-corrected chi connectivity index (χ2v) is 37.7. The van der Waals surface area contributed by atoms with Crippen molar-refractivity contribution in [3.63, 3.8) is 0 Å². The SMILES string of the molecule is CC(=O)C(C)(C)OC(C)C.CC(=O)C(C)(C)SC(C)C.CC(=O)C(C)C.CC(=O)C(C)C.CC(=O)[O-].CC(=O)[O-].CC(C)O.CC(C)S.CO.CO.COC(C)(C)C(=O)C(C)C.COC(C)(C)OC(C)C.COC(C)C.CS.CS.CSC(C)(C)C(=O)C(C)C.CSC(C)(C)SC(C)C.CSC(C)C. The highest BCUT2D eigenvalue weighted by atomic mass is 32.2. The van der Waals surface area contributed by atoms with Crippen molar-refractivity contribution in [2.24, 2.45) is 23.7 Å². The number of aliphatic hydroxyl groups is 3. The van der Waals surface area contributed by atoms with E-state index < -0.39 is 28.9 Å². The third-order valence-electron chi connectivity index (χ3n) is 10.6. The molecule has 104 heavy (non-hydrogen) atoms. The molecule has 3 N–H and O–H groups in total. The van der Waals surface area contributed by atoms with Crippen molar-refractivity contribution in [1.82, 2.24) is 0 Å². The van der Waals surface area contributed by atoms with E-state index in [0.29, 0.717) is 26.5 Å². The Bertz CT molecular complexity index is 1710. The van der Waals surface area contributed by atoms with Crippen LogP contribution >= 0.6 is 96.7 Å². The molecule has 0 spiro atoms. The Labute approximate surface area is 683 Å². The number of ketones is 6. The van der Waals surface area contributed by atoms with Crippen LogP contribution < -0.4 is 10.2 Å². The highest BCUT2D eigenvalue weighted by Crippen LogP contribution is 2.37. The van der Waals surface area contributed by atoms with Crippen LogP contribution in [0.1, 0.15) is 291 Å². The summed E-state index contributed by atoms with van der Waals surface area (Å²) in [4.78, 5) is 82.6. The first-order valence-electron chi connectivity index (χ1n) is 34.9. The van der Waals surface area contributed by atoms with Crippen LogP contribution in [0.2, 0.25) is 0 Å². The zero-order valence-electron chi connectivity index (χ0n) is 76.8. The van der Waals surface area contributed by atoms with Gasteiger partial charge in [0.25, 0.3) is 0 Å². The summed E-state index contributed by atoms with van der Waals surface area (Å²) in [5.41, 5.74) is -1.23. The van der Waals surface area contributed by atoms with Crippen LogP contribution in [0.3, 0.4) is 0 Å². The molecule has 0 atom stereocenters. The number of thiol groups is 3. The molecule has 0 aliphatic carbocycles. The number of aliphatic hydroxyl groups excluding tert-OH is 3. The Kier molecular flexibility index (Phi) is 136. The molecular formula is C78H174O18S8-2. The molecule has 0 aromatic carbocycles. The third kappa shape index (κ3) is 180. The summed E-state index contributed by atoms with van der Waals surface area (Å²) in [6.07, 6.45) is 10.2. The molecule has 0 amide bonds. The number of hydrogen-bond donors (Lipinski definition) is 6. The van der Waals surface area contributed by atoms with E-state index in [1.165, 1.54) is 0 Å². The van der Waals surface area contributed by atoms with Gasteiger partial charge in [-0.3, -0.25) is 28.8 Å². The molecule has 0 aliphatic heterocycles. The molecule has 0 bridgehead atoms. The molecule has 0 aromatic rings. The molecule has 0 heterocycles. The minimum absolute atomic E-state index is 0.0509. The fourth-order valence-electron chi connectivity index (χ4n) is 4.17. The molecule has 0 unspecified atom stereocenters. The first kappa shape index (κ1) is 149. The zero-order chi connectivity index (χ0) is 89.6. The number of carboxylic acids is 2. The average Bonchev–Trinajstić information content (AvgIpc) is 0.905. The summed E-state index contributed by atoms with van der Waals surface area (Å²) < 4.78 is 25.5. The Hall–Kier alpha value is -0.560. The smallest absolute Gasteiger partial charge is 0.166 e. The van der Waals surface area contributed by atoms with Crippen molar-refractivity contribution < 1.29 is 87.6 Å². The number of hydrogen-bond acceptors (Lipinski definition) is 26. The summed E-state index contributed by atoms with van der Waals surface area (Å²) in [5, 5.41) is 42.4. The minimum Gasteiger partial charge on any atom is -0.550 e. The maximum Gasteiger partial charge on any atom is 0.166 e. The van der Waals surface area contributed by atoms with Crippen LogP contribution in [-0.2, 0) is 62.0 Å². The van der Waals surface area contributed by atoms with Gasteiger partial charge in [-0.15, -0.1) is 35.3 Å². The van der Waals surface area contributed by atoms with Crippen LogP contribution in [0.4, 0.5) is 0 Å². The molecule has 0 saturated carbocycles. The summed E-state index contributed by atoms with van der Waals surface area (Å²) in [6, 6.07) is 0. The molecule has 0 aliphatic rings. The molecule has 18 nitrogen and oxygen atoms in total. The van der Waals surface area contributed by atoms with E-state index in [9.17, 15) is 28.8 Å². The first-order valence-corrected chi connectivity index (χ1v) is 42.7. The van der Waals surface area contributed by atoms with E-state index in [1.807, 2.05) is 194 Å². The van der Waals surface area contributed by atoms with Gasteiger partial charge < -0.3 is 58.8 Å². The van der Waals surface area contributed by atoms with Crippen molar-refractivity contribution >= 4 is 143 Å². The van der Waals surface area contributed by atoms with Gasteiger partial charge in [-0.05, 0) is 222 Å². The number of Topliss-reactive ketones (excluding diaryl/α,β-unsaturated/α-hetero) is 6. The van der Waals surface area contributed by atoms with Gasteiger partial charge in [0.2, 0.25) is 0 Å². The second kappa shape index (κ2) is 94.8. The molecule has 0 radical (unpaired) electrons. The Morgan fingerprint density at radius 1 is 0.385 bits per heavy atom. The van der Waals surface area contributed by atoms with E-state index in [-0.39, 0.29) is 80.4 Å². The van der Waals surface area contributed by atoms with E-state index in [1.54, 1.807) is 127 Å². The maximum atomic E-state index is 11.4. The standard InChI is InChI=1S/2C8H16O2.2C8H16OS.C7H16O2.C7H16S2.2C5H10O.C4H10O.C4H10S.C3H8O.C3H8S.2C2H4O2.2CH4O.2CH4S/c1-6(2)7(9)8(3,4)10-5;1-6(2)10-8(4,5)7(3)9;1-6(2)7(9)8(3,4)10-5;1-6(2)10-8(4,5)7(3)9;2*1-6(2)9-7(3,4)8-5;2*1-4(2)5(3)6;2*1-4(2)5-3;2*1-3(2)4;2*1-2(3)4;4*1-2/h4*6H,1-5H3;2*6H,1-5H3;2*4H,1-3H3;2*4H,1-3H3;2*3-4H,1-2H3;2*1H3,(H,3,4);4*2H,1H3/p-2. The summed E-state index contributed by atoms with van der Waals surface area (Å²) in [7, 11) is 6.90. The predicted octanol–water partition coefficient (Wildman–Crippen LogP) is 18.1. The van der Waals surface area contributed by atoms with Crippen LogP contribution in [0.15, 0.2) is 0 Å². The lowest BCUT2D eigenvalue weighted by molar-refractivity contribution is -0.303. The number of carbonyl (C=O) groups excluding carboxylic acids is 8. The summed E-state index contributed by atoms with van der Waals surface area (Å²) in [6.45, 7) is 79.3. The molecule has 26 heteroatoms. The van der Waals surface area contributed by atoms with E-state index in [4.69, 9.17) is 58.8 Å². The molecule has 0 aromatic heterocycles. The lowest BCUT2D eigenvalue weighted by Gasteiger charge is -2.25. The van der Waals surface area contributed by atoms with Crippen molar-refractivity contribution in [2.45, 2.75) is 367 Å². The van der Waals surface area contributed by atoms with Gasteiger partial charge in [-0.25, -0.2) is 0 Å². The molecular weight excluding hydrogens is 1480 g/mol. The van der Waals surface area contributed by atoms with Gasteiger partial charge in [-0.1, -0.05) is 111 Å². The van der Waals surface area contributed by atoms with Crippen molar-refractivity contribution in [2.75, 3.05) is 66.8 Å². The fraction of sp³-hybridized carbons (Fsp3) is 0.897. The lowest BCUT2D eigenvalue weighted by Crippen LogP contribution is -2.36. The maximum absolute atomic E-state index is 11.4. The van der Waals surface area contributed by atoms with Crippen molar-refractivity contribution in [3.8, 4) is 0 Å². The average molecular weight is 1660 g/mol. The van der Waals surface area contributed by atoms with E-state index in [2.05, 4.69) is 106 Å². The Morgan fingerprint density at radius 2 is 0.615 bits per heavy atom. The van der Waals surface area contributed by atoms with Crippen LogP contribution in [-0.4, -0.2) is 205 Å².